The summed E-state index contributed by atoms with van der Waals surface area (Å²) in [5.41, 5.74) is 5.24. The molecular weight excluding hydrogens is 344 g/mol. The van der Waals surface area contributed by atoms with Crippen LogP contribution < -0.4 is 5.32 Å². The van der Waals surface area contributed by atoms with Gasteiger partial charge in [0.25, 0.3) is 0 Å². The topological polar surface area (TPSA) is 69.0 Å². The fourth-order valence-corrected chi connectivity index (χ4v) is 3.82. The lowest BCUT2D eigenvalue weighted by atomic mass is 9.91. The molecule has 2 amide bonds. The lowest BCUT2D eigenvalue weighted by molar-refractivity contribution is 0.143. The van der Waals surface area contributed by atoms with Crippen molar-refractivity contribution in [3.63, 3.8) is 0 Å². The predicted molar refractivity (Wildman–Crippen MR) is 103 cm³/mol. The Morgan fingerprint density at radius 1 is 1.27 bits per heavy atom. The molecule has 2 aromatic carbocycles. The van der Waals surface area contributed by atoms with Crippen molar-refractivity contribution in [3.8, 4) is 6.07 Å². The second kappa shape index (κ2) is 7.14. The lowest BCUT2D eigenvalue weighted by Gasteiger charge is -2.37. The summed E-state index contributed by atoms with van der Waals surface area (Å²) in [6.45, 7) is 0.584. The quantitative estimate of drug-likeness (QED) is 0.728. The zero-order valence-corrected chi connectivity index (χ0v) is 15.0. The molecular formula is C20H18N4OS. The molecule has 5 nitrogen and oxygen atoms in total. The van der Waals surface area contributed by atoms with Crippen LogP contribution in [-0.4, -0.2) is 22.0 Å². The third kappa shape index (κ3) is 3.39. The van der Waals surface area contributed by atoms with Crippen LogP contribution in [0, 0.1) is 11.3 Å². The van der Waals surface area contributed by atoms with Crippen molar-refractivity contribution in [3.05, 3.63) is 59.1 Å². The molecule has 0 radical (unpaired) electrons. The number of amides is 2. The first-order valence-corrected chi connectivity index (χ1v) is 9.51. The van der Waals surface area contributed by atoms with E-state index in [1.54, 1.807) is 35.6 Å². The smallest absolute Gasteiger partial charge is 0.317 e. The van der Waals surface area contributed by atoms with Crippen LogP contribution in [0.25, 0.3) is 10.2 Å². The molecule has 6 heteroatoms. The van der Waals surface area contributed by atoms with Crippen LogP contribution in [0.1, 0.15) is 30.4 Å². The Morgan fingerprint density at radius 2 is 2.08 bits per heavy atom. The molecule has 0 spiro atoms. The molecule has 1 saturated carbocycles. The van der Waals surface area contributed by atoms with E-state index in [1.807, 2.05) is 22.5 Å². The molecule has 0 atom stereocenters. The van der Waals surface area contributed by atoms with Gasteiger partial charge in [-0.15, -0.1) is 11.3 Å². The fourth-order valence-electron chi connectivity index (χ4n) is 3.08. The normalized spacial score (nSPS) is 13.8. The maximum atomic E-state index is 12.9. The summed E-state index contributed by atoms with van der Waals surface area (Å²) in [6, 6.07) is 15.4. The highest BCUT2D eigenvalue weighted by molar-refractivity contribution is 7.16. The van der Waals surface area contributed by atoms with Crippen molar-refractivity contribution in [2.24, 2.45) is 0 Å². The first kappa shape index (κ1) is 16.6. The van der Waals surface area contributed by atoms with Crippen molar-refractivity contribution >= 4 is 33.3 Å². The summed E-state index contributed by atoms with van der Waals surface area (Å²) in [5.74, 6) is 0. The van der Waals surface area contributed by atoms with E-state index in [1.165, 1.54) is 6.42 Å². The molecule has 4 rings (SSSR count). The van der Waals surface area contributed by atoms with Gasteiger partial charge in [0.1, 0.15) is 0 Å². The van der Waals surface area contributed by atoms with E-state index in [0.29, 0.717) is 17.8 Å². The van der Waals surface area contributed by atoms with Gasteiger partial charge in [-0.1, -0.05) is 6.07 Å². The van der Waals surface area contributed by atoms with E-state index in [4.69, 9.17) is 5.26 Å². The Labute approximate surface area is 155 Å². The van der Waals surface area contributed by atoms with Gasteiger partial charge in [0.15, 0.2) is 0 Å². The van der Waals surface area contributed by atoms with E-state index in [2.05, 4.69) is 22.4 Å². The number of nitrogens with zero attached hydrogens (tertiary/aromatic N) is 3. The molecule has 0 saturated heterocycles. The van der Waals surface area contributed by atoms with Crippen LogP contribution in [0.4, 0.5) is 10.5 Å². The number of thiazole rings is 1. The number of anilines is 1. The standard InChI is InChI=1S/C20H18N4OS/c21-11-14-4-7-16(8-5-14)23-20(25)24(17-2-1-3-17)12-15-6-9-18-19(10-15)26-13-22-18/h4-10,13,17H,1-3,12H2,(H,23,25). The maximum absolute atomic E-state index is 12.9. The zero-order valence-electron chi connectivity index (χ0n) is 14.2. The molecule has 1 N–H and O–H groups in total. The zero-order chi connectivity index (χ0) is 17.9. The number of urea groups is 1. The fraction of sp³-hybridized carbons (Fsp3) is 0.250. The van der Waals surface area contributed by atoms with Crippen LogP contribution >= 0.6 is 11.3 Å². The lowest BCUT2D eigenvalue weighted by Crippen LogP contribution is -2.45. The predicted octanol–water partition coefficient (Wildman–Crippen LogP) is 4.75. The molecule has 0 bridgehead atoms. The molecule has 1 heterocycles. The van der Waals surface area contributed by atoms with Crippen LogP contribution in [0.2, 0.25) is 0 Å². The average Bonchev–Trinajstić information content (AvgIpc) is 3.08. The van der Waals surface area contributed by atoms with Crippen molar-refractivity contribution in [1.29, 1.82) is 5.26 Å². The largest absolute Gasteiger partial charge is 0.322 e. The number of carbonyl (C=O) groups is 1. The molecule has 1 aromatic heterocycles. The van der Waals surface area contributed by atoms with Gasteiger partial charge in [-0.25, -0.2) is 9.78 Å². The third-order valence-corrected chi connectivity index (χ3v) is 5.58. The number of nitrogens with one attached hydrogen (secondary N) is 1. The number of carbonyl (C=O) groups excluding carboxylic acids is 1. The van der Waals surface area contributed by atoms with E-state index < -0.39 is 0 Å². The minimum atomic E-state index is -0.0937. The van der Waals surface area contributed by atoms with Gasteiger partial charge in [-0.2, -0.15) is 5.26 Å². The Bertz CT molecular complexity index is 969. The SMILES string of the molecule is N#Cc1ccc(NC(=O)N(Cc2ccc3ncsc3c2)C2CCC2)cc1. The number of nitriles is 1. The highest BCUT2D eigenvalue weighted by Gasteiger charge is 2.29. The highest BCUT2D eigenvalue weighted by Crippen LogP contribution is 2.28. The molecule has 3 aromatic rings. The molecule has 0 aliphatic heterocycles. The van der Waals surface area contributed by atoms with Gasteiger partial charge in [0.2, 0.25) is 0 Å². The van der Waals surface area contributed by atoms with Gasteiger partial charge in [-0.05, 0) is 61.2 Å². The second-order valence-electron chi connectivity index (χ2n) is 6.49. The van der Waals surface area contributed by atoms with Crippen LogP contribution in [-0.2, 0) is 6.54 Å². The van der Waals surface area contributed by atoms with Crippen molar-refractivity contribution in [2.75, 3.05) is 5.32 Å². The highest BCUT2D eigenvalue weighted by atomic mass is 32.1. The molecule has 1 aliphatic carbocycles. The van der Waals surface area contributed by atoms with Crippen LogP contribution in [0.15, 0.2) is 48.0 Å². The monoisotopic (exact) mass is 362 g/mol. The number of aromatic nitrogens is 1. The molecule has 1 fully saturated rings. The molecule has 26 heavy (non-hydrogen) atoms. The maximum Gasteiger partial charge on any atom is 0.322 e. The first-order valence-electron chi connectivity index (χ1n) is 8.63. The number of hydrogen-bond donors (Lipinski definition) is 1. The van der Waals surface area contributed by atoms with Gasteiger partial charge in [0, 0.05) is 18.3 Å². The van der Waals surface area contributed by atoms with Crippen molar-refractivity contribution in [2.45, 2.75) is 31.8 Å². The number of benzene rings is 2. The molecule has 1 aliphatic rings. The van der Waals surface area contributed by atoms with E-state index in [9.17, 15) is 4.79 Å². The molecule has 130 valence electrons. The molecule has 0 unspecified atom stereocenters. The van der Waals surface area contributed by atoms with Gasteiger partial charge in [-0.3, -0.25) is 0 Å². The Morgan fingerprint density at radius 3 is 2.77 bits per heavy atom. The number of rotatable bonds is 4. The second-order valence-corrected chi connectivity index (χ2v) is 7.37. The van der Waals surface area contributed by atoms with Gasteiger partial charge >= 0.3 is 6.03 Å². The van der Waals surface area contributed by atoms with Crippen molar-refractivity contribution < 1.29 is 4.79 Å². The minimum Gasteiger partial charge on any atom is -0.317 e. The summed E-state index contributed by atoms with van der Waals surface area (Å²) in [6.07, 6.45) is 3.26. The van der Waals surface area contributed by atoms with Gasteiger partial charge < -0.3 is 10.2 Å². The van der Waals surface area contributed by atoms with E-state index in [0.717, 1.165) is 28.6 Å². The Balaban J connectivity index is 1.51. The summed E-state index contributed by atoms with van der Waals surface area (Å²) in [5, 5.41) is 11.8. The van der Waals surface area contributed by atoms with Crippen LogP contribution in [0.3, 0.4) is 0 Å². The number of fused-ring (bicyclic) bond motifs is 1. The van der Waals surface area contributed by atoms with E-state index >= 15 is 0 Å². The van der Waals surface area contributed by atoms with Gasteiger partial charge in [0.05, 0.1) is 27.4 Å². The average molecular weight is 362 g/mol. The summed E-state index contributed by atoms with van der Waals surface area (Å²) >= 11 is 1.61. The summed E-state index contributed by atoms with van der Waals surface area (Å²) < 4.78 is 1.14. The first-order chi connectivity index (χ1) is 12.7. The number of hydrogen-bond acceptors (Lipinski definition) is 4. The van der Waals surface area contributed by atoms with E-state index in [-0.39, 0.29) is 12.1 Å². The van der Waals surface area contributed by atoms with Crippen molar-refractivity contribution in [1.82, 2.24) is 9.88 Å². The Hall–Kier alpha value is -2.91. The Kier molecular flexibility index (Phi) is 4.55. The third-order valence-electron chi connectivity index (χ3n) is 4.79. The minimum absolute atomic E-state index is 0.0937. The van der Waals surface area contributed by atoms with Crippen LogP contribution in [0.5, 0.6) is 0 Å². The summed E-state index contributed by atoms with van der Waals surface area (Å²) in [7, 11) is 0. The summed E-state index contributed by atoms with van der Waals surface area (Å²) in [4.78, 5) is 19.1.